The van der Waals surface area contributed by atoms with E-state index in [1.165, 1.54) is 37.7 Å². The van der Waals surface area contributed by atoms with Crippen molar-refractivity contribution in [3.8, 4) is 0 Å². The standard InChI is InChI=1S/C15H26N2O/c1-16-15-8-4-3-7-13-11-17(12-14(13)15)9-5-6-10-18-2/h11-12,15-16H,3-10H2,1-2H3. The first-order chi connectivity index (χ1) is 8.85. The smallest absolute Gasteiger partial charge is 0.0462 e. The van der Waals surface area contributed by atoms with Crippen LogP contribution >= 0.6 is 0 Å². The van der Waals surface area contributed by atoms with Crippen LogP contribution in [0.5, 0.6) is 0 Å². The number of aryl methyl sites for hydroxylation is 2. The van der Waals surface area contributed by atoms with Gasteiger partial charge in [0.05, 0.1) is 0 Å². The van der Waals surface area contributed by atoms with Crippen LogP contribution in [0.2, 0.25) is 0 Å². The first-order valence-electron chi connectivity index (χ1n) is 7.20. The van der Waals surface area contributed by atoms with Crippen molar-refractivity contribution in [2.45, 2.75) is 51.1 Å². The van der Waals surface area contributed by atoms with Crippen molar-refractivity contribution in [2.75, 3.05) is 20.8 Å². The highest BCUT2D eigenvalue weighted by Crippen LogP contribution is 2.29. The van der Waals surface area contributed by atoms with Crippen molar-refractivity contribution in [1.82, 2.24) is 9.88 Å². The van der Waals surface area contributed by atoms with E-state index in [1.54, 1.807) is 12.7 Å². The SMILES string of the molecule is CNC1CCCCc2cn(CCCCOC)cc21. The maximum atomic E-state index is 5.09. The zero-order chi connectivity index (χ0) is 12.8. The molecule has 0 amide bonds. The molecule has 1 aromatic rings. The number of rotatable bonds is 6. The summed E-state index contributed by atoms with van der Waals surface area (Å²) >= 11 is 0. The first kappa shape index (κ1) is 13.6. The fourth-order valence-corrected chi connectivity index (χ4v) is 2.89. The summed E-state index contributed by atoms with van der Waals surface area (Å²) in [6.45, 7) is 1.99. The first-order valence-corrected chi connectivity index (χ1v) is 7.20. The molecule has 0 aromatic carbocycles. The number of aromatic nitrogens is 1. The van der Waals surface area contributed by atoms with Gasteiger partial charge in [-0.15, -0.1) is 0 Å². The molecule has 1 unspecified atom stereocenters. The van der Waals surface area contributed by atoms with E-state index in [-0.39, 0.29) is 0 Å². The van der Waals surface area contributed by atoms with Gasteiger partial charge < -0.3 is 14.6 Å². The Morgan fingerprint density at radius 2 is 2.22 bits per heavy atom. The molecule has 0 saturated heterocycles. The summed E-state index contributed by atoms with van der Waals surface area (Å²) in [5.41, 5.74) is 3.08. The molecule has 0 aliphatic heterocycles. The lowest BCUT2D eigenvalue weighted by atomic mass is 10.1. The molecular weight excluding hydrogens is 224 g/mol. The molecule has 18 heavy (non-hydrogen) atoms. The summed E-state index contributed by atoms with van der Waals surface area (Å²) in [5.74, 6) is 0. The van der Waals surface area contributed by atoms with Crippen molar-refractivity contribution in [3.05, 3.63) is 23.5 Å². The summed E-state index contributed by atoms with van der Waals surface area (Å²) in [7, 11) is 3.85. The van der Waals surface area contributed by atoms with Gasteiger partial charge in [-0.05, 0) is 50.3 Å². The number of methoxy groups -OCH3 is 1. The monoisotopic (exact) mass is 250 g/mol. The average molecular weight is 250 g/mol. The van der Waals surface area contributed by atoms with Gasteiger partial charge in [0.1, 0.15) is 0 Å². The highest BCUT2D eigenvalue weighted by Gasteiger charge is 2.18. The van der Waals surface area contributed by atoms with Gasteiger partial charge in [0.25, 0.3) is 0 Å². The predicted molar refractivity (Wildman–Crippen MR) is 74.9 cm³/mol. The molecule has 0 fully saturated rings. The topological polar surface area (TPSA) is 26.2 Å². The molecule has 2 rings (SSSR count). The largest absolute Gasteiger partial charge is 0.385 e. The number of nitrogens with one attached hydrogen (secondary N) is 1. The Kier molecular flexibility index (Phi) is 5.26. The third-order valence-electron chi connectivity index (χ3n) is 3.92. The summed E-state index contributed by atoms with van der Waals surface area (Å²) in [4.78, 5) is 0. The molecule has 0 spiro atoms. The molecule has 1 aliphatic carbocycles. The number of nitrogens with zero attached hydrogens (tertiary/aromatic N) is 1. The van der Waals surface area contributed by atoms with Crippen LogP contribution in [0.15, 0.2) is 12.4 Å². The Balaban J connectivity index is 1.98. The minimum Gasteiger partial charge on any atom is -0.385 e. The molecule has 1 aromatic heterocycles. The maximum Gasteiger partial charge on any atom is 0.0462 e. The van der Waals surface area contributed by atoms with Crippen LogP contribution in [0, 0.1) is 0 Å². The second kappa shape index (κ2) is 6.95. The molecule has 102 valence electrons. The zero-order valence-corrected chi connectivity index (χ0v) is 11.7. The van der Waals surface area contributed by atoms with Gasteiger partial charge in [0, 0.05) is 38.7 Å². The molecule has 1 aliphatic rings. The van der Waals surface area contributed by atoms with Gasteiger partial charge in [0.2, 0.25) is 0 Å². The van der Waals surface area contributed by atoms with E-state index in [2.05, 4.69) is 29.3 Å². The Morgan fingerprint density at radius 3 is 3.00 bits per heavy atom. The van der Waals surface area contributed by atoms with E-state index in [1.807, 2.05) is 0 Å². The van der Waals surface area contributed by atoms with Crippen molar-refractivity contribution >= 4 is 0 Å². The van der Waals surface area contributed by atoms with Crippen molar-refractivity contribution < 1.29 is 4.74 Å². The molecule has 1 heterocycles. The van der Waals surface area contributed by atoms with Crippen LogP contribution in [0.3, 0.4) is 0 Å². The minimum atomic E-state index is 0.558. The highest BCUT2D eigenvalue weighted by atomic mass is 16.5. The van der Waals surface area contributed by atoms with Crippen LogP contribution in [-0.2, 0) is 17.7 Å². The van der Waals surface area contributed by atoms with E-state index in [9.17, 15) is 0 Å². The lowest BCUT2D eigenvalue weighted by molar-refractivity contribution is 0.191. The van der Waals surface area contributed by atoms with Gasteiger partial charge in [-0.25, -0.2) is 0 Å². The Hall–Kier alpha value is -0.800. The third kappa shape index (κ3) is 3.36. The number of unbranched alkanes of at least 4 members (excludes halogenated alkanes) is 1. The van der Waals surface area contributed by atoms with Crippen LogP contribution in [0.25, 0.3) is 0 Å². The van der Waals surface area contributed by atoms with Crippen LogP contribution in [0.1, 0.15) is 49.3 Å². The maximum absolute atomic E-state index is 5.09. The number of hydrogen-bond donors (Lipinski definition) is 1. The van der Waals surface area contributed by atoms with Gasteiger partial charge in [-0.3, -0.25) is 0 Å². The molecule has 0 radical (unpaired) electrons. The molecule has 0 bridgehead atoms. The van der Waals surface area contributed by atoms with E-state index >= 15 is 0 Å². The van der Waals surface area contributed by atoms with Gasteiger partial charge >= 0.3 is 0 Å². The molecule has 0 saturated carbocycles. The molecule has 1 N–H and O–H groups in total. The minimum absolute atomic E-state index is 0.558. The van der Waals surface area contributed by atoms with Gasteiger partial charge in [0.15, 0.2) is 0 Å². The summed E-state index contributed by atoms with van der Waals surface area (Å²) in [6, 6.07) is 0.558. The van der Waals surface area contributed by atoms with Gasteiger partial charge in [-0.1, -0.05) is 6.42 Å². The average Bonchev–Trinajstić information content (AvgIpc) is 2.69. The molecule has 3 heteroatoms. The second-order valence-corrected chi connectivity index (χ2v) is 5.26. The lowest BCUT2D eigenvalue weighted by Crippen LogP contribution is -2.15. The van der Waals surface area contributed by atoms with Gasteiger partial charge in [-0.2, -0.15) is 0 Å². The van der Waals surface area contributed by atoms with E-state index < -0.39 is 0 Å². The Labute approximate surface area is 111 Å². The second-order valence-electron chi connectivity index (χ2n) is 5.26. The highest BCUT2D eigenvalue weighted by molar-refractivity contribution is 5.29. The molecular formula is C15H26N2O. The fourth-order valence-electron chi connectivity index (χ4n) is 2.89. The number of fused-ring (bicyclic) bond motifs is 1. The van der Waals surface area contributed by atoms with Crippen LogP contribution in [0.4, 0.5) is 0 Å². The Bertz CT molecular complexity index is 359. The lowest BCUT2D eigenvalue weighted by Gasteiger charge is -2.13. The molecule has 3 nitrogen and oxygen atoms in total. The van der Waals surface area contributed by atoms with E-state index in [4.69, 9.17) is 4.74 Å². The number of ether oxygens (including phenoxy) is 1. The van der Waals surface area contributed by atoms with E-state index in [0.717, 1.165) is 19.6 Å². The summed E-state index contributed by atoms with van der Waals surface area (Å²) < 4.78 is 7.46. The summed E-state index contributed by atoms with van der Waals surface area (Å²) in [6.07, 6.45) is 12.3. The quantitative estimate of drug-likeness (QED) is 0.620. The van der Waals surface area contributed by atoms with Crippen molar-refractivity contribution in [3.63, 3.8) is 0 Å². The van der Waals surface area contributed by atoms with Crippen LogP contribution in [-0.4, -0.2) is 25.3 Å². The van der Waals surface area contributed by atoms with Crippen LogP contribution < -0.4 is 5.32 Å². The van der Waals surface area contributed by atoms with E-state index in [0.29, 0.717) is 6.04 Å². The third-order valence-corrected chi connectivity index (χ3v) is 3.92. The Morgan fingerprint density at radius 1 is 1.33 bits per heavy atom. The number of hydrogen-bond acceptors (Lipinski definition) is 2. The predicted octanol–water partition coefficient (Wildman–Crippen LogP) is 2.90. The fraction of sp³-hybridized carbons (Fsp3) is 0.733. The summed E-state index contributed by atoms with van der Waals surface area (Å²) in [5, 5.41) is 3.46. The molecule has 1 atom stereocenters. The van der Waals surface area contributed by atoms with Crippen molar-refractivity contribution in [1.29, 1.82) is 0 Å². The zero-order valence-electron chi connectivity index (χ0n) is 11.7. The normalized spacial score (nSPS) is 19.6. The van der Waals surface area contributed by atoms with Crippen molar-refractivity contribution in [2.24, 2.45) is 0 Å².